The molecule has 0 unspecified atom stereocenters. The first-order valence-electron chi connectivity index (χ1n) is 8.74. The SMILES string of the molecule is CCC(CC)(c1ccc(SC)cc1)c1c[nH]c2c(NSC)cccc12. The van der Waals surface area contributed by atoms with Gasteiger partial charge < -0.3 is 9.71 Å². The van der Waals surface area contributed by atoms with Crippen molar-refractivity contribution in [3.05, 3.63) is 59.8 Å². The monoisotopic (exact) mass is 370 g/mol. The summed E-state index contributed by atoms with van der Waals surface area (Å²) in [5.74, 6) is 0. The van der Waals surface area contributed by atoms with Crippen molar-refractivity contribution in [3.8, 4) is 0 Å². The van der Waals surface area contributed by atoms with Crippen LogP contribution in [0.15, 0.2) is 53.6 Å². The number of fused-ring (bicyclic) bond motifs is 1. The minimum Gasteiger partial charge on any atom is -0.359 e. The van der Waals surface area contributed by atoms with E-state index in [9.17, 15) is 0 Å². The Morgan fingerprint density at radius 3 is 2.32 bits per heavy atom. The number of thioether (sulfide) groups is 1. The van der Waals surface area contributed by atoms with Gasteiger partial charge in [0.15, 0.2) is 0 Å². The lowest BCUT2D eigenvalue weighted by Gasteiger charge is -2.33. The summed E-state index contributed by atoms with van der Waals surface area (Å²) in [5.41, 5.74) is 5.18. The van der Waals surface area contributed by atoms with E-state index in [4.69, 9.17) is 0 Å². The molecule has 0 aliphatic rings. The predicted molar refractivity (Wildman–Crippen MR) is 115 cm³/mol. The van der Waals surface area contributed by atoms with E-state index in [2.05, 4.69) is 84.7 Å². The minimum atomic E-state index is 0.0349. The summed E-state index contributed by atoms with van der Waals surface area (Å²) in [5, 5.41) is 1.32. The average Bonchev–Trinajstić information content (AvgIpc) is 3.10. The number of para-hydroxylation sites is 1. The highest BCUT2D eigenvalue weighted by molar-refractivity contribution is 7.99. The number of benzene rings is 2. The largest absolute Gasteiger partial charge is 0.359 e. The lowest BCUT2D eigenvalue weighted by molar-refractivity contribution is 0.482. The Morgan fingerprint density at radius 1 is 1.00 bits per heavy atom. The second kappa shape index (κ2) is 7.79. The Hall–Kier alpha value is -1.52. The first-order chi connectivity index (χ1) is 12.2. The molecular weight excluding hydrogens is 344 g/mol. The Morgan fingerprint density at radius 2 is 1.72 bits per heavy atom. The van der Waals surface area contributed by atoms with Crippen molar-refractivity contribution >= 4 is 40.3 Å². The second-order valence-electron chi connectivity index (χ2n) is 6.25. The number of aromatic amines is 1. The molecule has 2 aromatic carbocycles. The zero-order chi connectivity index (χ0) is 17.9. The van der Waals surface area contributed by atoms with Crippen LogP contribution in [0.25, 0.3) is 10.9 Å². The van der Waals surface area contributed by atoms with Crippen LogP contribution in [0.3, 0.4) is 0 Å². The number of anilines is 1. The van der Waals surface area contributed by atoms with Crippen LogP contribution >= 0.6 is 23.7 Å². The van der Waals surface area contributed by atoms with Crippen LogP contribution in [-0.2, 0) is 5.41 Å². The molecule has 0 spiro atoms. The molecule has 1 heterocycles. The molecule has 0 aliphatic heterocycles. The summed E-state index contributed by atoms with van der Waals surface area (Å²) in [7, 11) is 0. The van der Waals surface area contributed by atoms with E-state index in [-0.39, 0.29) is 5.41 Å². The van der Waals surface area contributed by atoms with E-state index in [1.165, 1.54) is 26.9 Å². The molecule has 1 aromatic heterocycles. The first-order valence-corrected chi connectivity index (χ1v) is 11.2. The summed E-state index contributed by atoms with van der Waals surface area (Å²) in [4.78, 5) is 4.84. The fourth-order valence-electron chi connectivity index (χ4n) is 3.85. The average molecular weight is 371 g/mol. The normalized spacial score (nSPS) is 11.8. The maximum atomic E-state index is 3.53. The van der Waals surface area contributed by atoms with Gasteiger partial charge in [-0.15, -0.1) is 11.8 Å². The molecule has 0 saturated carbocycles. The lowest BCUT2D eigenvalue weighted by Crippen LogP contribution is -2.25. The maximum Gasteiger partial charge on any atom is 0.0701 e. The Balaban J connectivity index is 2.17. The van der Waals surface area contributed by atoms with Crippen molar-refractivity contribution in [2.45, 2.75) is 37.0 Å². The Kier molecular flexibility index (Phi) is 5.70. The molecule has 0 bridgehead atoms. The van der Waals surface area contributed by atoms with Gasteiger partial charge in [0.1, 0.15) is 0 Å². The van der Waals surface area contributed by atoms with E-state index in [0.717, 1.165) is 18.5 Å². The minimum absolute atomic E-state index is 0.0349. The number of hydrogen-bond acceptors (Lipinski definition) is 3. The molecule has 0 fully saturated rings. The van der Waals surface area contributed by atoms with Gasteiger partial charge in [-0.2, -0.15) is 0 Å². The van der Waals surface area contributed by atoms with Gasteiger partial charge in [0, 0.05) is 28.1 Å². The summed E-state index contributed by atoms with van der Waals surface area (Å²) < 4.78 is 3.39. The van der Waals surface area contributed by atoms with Gasteiger partial charge in [-0.05, 0) is 48.4 Å². The summed E-state index contributed by atoms with van der Waals surface area (Å²) in [6.07, 6.45) is 8.55. The molecule has 0 amide bonds. The summed E-state index contributed by atoms with van der Waals surface area (Å²) in [6, 6.07) is 15.6. The quantitative estimate of drug-likeness (QED) is 0.358. The molecule has 0 saturated heterocycles. The molecule has 3 rings (SSSR count). The van der Waals surface area contributed by atoms with E-state index in [1.54, 1.807) is 23.7 Å². The third-order valence-electron chi connectivity index (χ3n) is 5.29. The molecule has 4 heteroatoms. The van der Waals surface area contributed by atoms with E-state index >= 15 is 0 Å². The van der Waals surface area contributed by atoms with Crippen molar-refractivity contribution in [2.24, 2.45) is 0 Å². The Labute approximate surface area is 159 Å². The third-order valence-corrected chi connectivity index (χ3v) is 6.46. The van der Waals surface area contributed by atoms with Gasteiger partial charge in [-0.25, -0.2) is 0 Å². The molecule has 2 N–H and O–H groups in total. The zero-order valence-electron chi connectivity index (χ0n) is 15.3. The molecule has 132 valence electrons. The van der Waals surface area contributed by atoms with Crippen LogP contribution < -0.4 is 4.72 Å². The van der Waals surface area contributed by atoms with Gasteiger partial charge >= 0.3 is 0 Å². The summed E-state index contributed by atoms with van der Waals surface area (Å²) >= 11 is 3.42. The topological polar surface area (TPSA) is 27.8 Å². The number of aromatic nitrogens is 1. The fourth-order valence-corrected chi connectivity index (χ4v) is 4.65. The zero-order valence-corrected chi connectivity index (χ0v) is 17.0. The highest BCUT2D eigenvalue weighted by Gasteiger charge is 2.33. The second-order valence-corrected chi connectivity index (χ2v) is 7.75. The molecule has 0 atom stereocenters. The lowest BCUT2D eigenvalue weighted by atomic mass is 9.70. The van der Waals surface area contributed by atoms with Crippen LogP contribution in [0.1, 0.15) is 37.8 Å². The van der Waals surface area contributed by atoms with Gasteiger partial charge in [0.2, 0.25) is 0 Å². The molecule has 3 aromatic rings. The van der Waals surface area contributed by atoms with Crippen LogP contribution in [0, 0.1) is 0 Å². The number of hydrogen-bond donors (Lipinski definition) is 2. The van der Waals surface area contributed by atoms with Crippen LogP contribution in [0.4, 0.5) is 5.69 Å². The van der Waals surface area contributed by atoms with Crippen molar-refractivity contribution in [1.82, 2.24) is 4.98 Å². The number of H-pyrrole nitrogens is 1. The fraction of sp³-hybridized carbons (Fsp3) is 0.333. The van der Waals surface area contributed by atoms with E-state index in [0.29, 0.717) is 0 Å². The highest BCUT2D eigenvalue weighted by atomic mass is 32.2. The highest BCUT2D eigenvalue weighted by Crippen LogP contribution is 2.43. The molecule has 2 nitrogen and oxygen atoms in total. The molecule has 25 heavy (non-hydrogen) atoms. The van der Waals surface area contributed by atoms with Gasteiger partial charge in [0.05, 0.1) is 11.2 Å². The Bertz CT molecular complexity index is 833. The van der Waals surface area contributed by atoms with E-state index < -0.39 is 0 Å². The van der Waals surface area contributed by atoms with Crippen molar-refractivity contribution < 1.29 is 0 Å². The number of nitrogens with one attached hydrogen (secondary N) is 2. The number of rotatable bonds is 7. The smallest absolute Gasteiger partial charge is 0.0701 e. The maximum absolute atomic E-state index is 3.53. The molecular formula is C21H26N2S2. The van der Waals surface area contributed by atoms with Crippen molar-refractivity contribution in [1.29, 1.82) is 0 Å². The standard InChI is InChI=1S/C21H26N2S2/c1-5-21(6-2,15-10-12-16(24-3)13-11-15)18-14-22-20-17(18)8-7-9-19(20)23-25-4/h7-14,22-23H,5-6H2,1-4H3. The summed E-state index contributed by atoms with van der Waals surface area (Å²) in [6.45, 7) is 4.60. The predicted octanol–water partition coefficient (Wildman–Crippen LogP) is 6.69. The van der Waals surface area contributed by atoms with Gasteiger partial charge in [-0.1, -0.05) is 50.1 Å². The van der Waals surface area contributed by atoms with Gasteiger partial charge in [0.25, 0.3) is 0 Å². The van der Waals surface area contributed by atoms with E-state index in [1.807, 2.05) is 0 Å². The van der Waals surface area contributed by atoms with Crippen molar-refractivity contribution in [3.63, 3.8) is 0 Å². The third kappa shape index (κ3) is 3.18. The van der Waals surface area contributed by atoms with Gasteiger partial charge in [-0.3, -0.25) is 0 Å². The molecule has 0 aliphatic carbocycles. The van der Waals surface area contributed by atoms with Crippen LogP contribution in [-0.4, -0.2) is 17.5 Å². The van der Waals surface area contributed by atoms with Crippen LogP contribution in [0.2, 0.25) is 0 Å². The molecule has 0 radical (unpaired) electrons. The first kappa shape index (κ1) is 18.3. The van der Waals surface area contributed by atoms with Crippen molar-refractivity contribution in [2.75, 3.05) is 17.2 Å². The van der Waals surface area contributed by atoms with Crippen LogP contribution in [0.5, 0.6) is 0 Å².